The lowest BCUT2D eigenvalue weighted by Gasteiger charge is -2.31. The van der Waals surface area contributed by atoms with E-state index in [1.54, 1.807) is 0 Å². The Kier molecular flexibility index (Phi) is 6.14. The number of piperazine rings is 1. The maximum absolute atomic E-state index is 12.8. The first kappa shape index (κ1) is 19.5. The first-order valence-corrected chi connectivity index (χ1v) is 8.04. The van der Waals surface area contributed by atoms with Crippen LogP contribution in [0.2, 0.25) is 5.02 Å². The van der Waals surface area contributed by atoms with E-state index in [1.165, 1.54) is 4.31 Å². The minimum Gasteiger partial charge on any atom is -0.312 e. The molecule has 1 heterocycles. The van der Waals surface area contributed by atoms with Crippen LogP contribution in [-0.4, -0.2) is 38.4 Å². The highest BCUT2D eigenvalue weighted by Gasteiger charge is 2.36. The van der Waals surface area contributed by atoms with E-state index < -0.39 is 31.7 Å². The van der Waals surface area contributed by atoms with Crippen molar-refractivity contribution in [1.82, 2.24) is 9.62 Å². The Morgan fingerprint density at radius 1 is 1.36 bits per heavy atom. The highest BCUT2D eigenvalue weighted by molar-refractivity contribution is 7.89. The minimum atomic E-state index is -4.70. The second-order valence-corrected chi connectivity index (χ2v) is 7.20. The zero-order valence-corrected chi connectivity index (χ0v) is 13.9. The van der Waals surface area contributed by atoms with Gasteiger partial charge < -0.3 is 5.32 Å². The molecule has 10 heteroatoms. The average Bonchev–Trinajstić information content (AvgIpc) is 2.37. The molecule has 0 bridgehead atoms. The molecule has 1 N–H and O–H groups in total. The zero-order valence-electron chi connectivity index (χ0n) is 11.5. The molecule has 4 nitrogen and oxygen atoms in total. The molecule has 1 aromatic carbocycles. The van der Waals surface area contributed by atoms with Gasteiger partial charge in [0.2, 0.25) is 10.0 Å². The van der Waals surface area contributed by atoms with Gasteiger partial charge in [0.05, 0.1) is 15.5 Å². The standard InChI is InChI=1S/C12H14ClF3N2O2S.ClH/c1-8-7-18(5-4-17-8)21(19,20)9-2-3-11(13)10(6-9)12(14,15)16;/h2-3,6,8,17H,4-5,7H2,1H3;1H/t8-;/m1./s1. The van der Waals surface area contributed by atoms with Crippen molar-refractivity contribution in [3.8, 4) is 0 Å². The van der Waals surface area contributed by atoms with Crippen molar-refractivity contribution >= 4 is 34.0 Å². The number of rotatable bonds is 2. The van der Waals surface area contributed by atoms with Gasteiger partial charge in [-0.3, -0.25) is 0 Å². The van der Waals surface area contributed by atoms with Gasteiger partial charge in [-0.1, -0.05) is 11.6 Å². The van der Waals surface area contributed by atoms with E-state index in [0.717, 1.165) is 12.1 Å². The van der Waals surface area contributed by atoms with Crippen molar-refractivity contribution in [2.45, 2.75) is 24.0 Å². The Labute approximate surface area is 138 Å². The number of sulfonamides is 1. The molecule has 0 radical (unpaired) electrons. The third-order valence-corrected chi connectivity index (χ3v) is 5.40. The van der Waals surface area contributed by atoms with Crippen LogP contribution in [0.25, 0.3) is 0 Å². The van der Waals surface area contributed by atoms with E-state index in [-0.39, 0.29) is 31.5 Å². The summed E-state index contributed by atoms with van der Waals surface area (Å²) in [6.45, 7) is 2.70. The van der Waals surface area contributed by atoms with Crippen molar-refractivity contribution in [3.63, 3.8) is 0 Å². The molecule has 1 aromatic rings. The summed E-state index contributed by atoms with van der Waals surface area (Å²) in [5.74, 6) is 0. The van der Waals surface area contributed by atoms with Crippen LogP contribution in [0.4, 0.5) is 13.2 Å². The summed E-state index contributed by atoms with van der Waals surface area (Å²) in [6, 6.07) is 2.59. The normalized spacial score (nSPS) is 20.5. The molecular formula is C12H15Cl2F3N2O2S. The van der Waals surface area contributed by atoms with E-state index in [0.29, 0.717) is 12.6 Å². The fraction of sp³-hybridized carbons (Fsp3) is 0.500. The van der Waals surface area contributed by atoms with Gasteiger partial charge in [-0.25, -0.2) is 8.42 Å². The first-order valence-electron chi connectivity index (χ1n) is 6.22. The lowest BCUT2D eigenvalue weighted by molar-refractivity contribution is -0.137. The fourth-order valence-electron chi connectivity index (χ4n) is 2.15. The highest BCUT2D eigenvalue weighted by Crippen LogP contribution is 2.36. The Balaban J connectivity index is 0.00000242. The summed E-state index contributed by atoms with van der Waals surface area (Å²) in [4.78, 5) is -0.395. The molecule has 1 aliphatic heterocycles. The van der Waals surface area contributed by atoms with Crippen LogP contribution in [0, 0.1) is 0 Å². The molecule has 2 rings (SSSR count). The number of nitrogens with one attached hydrogen (secondary N) is 1. The van der Waals surface area contributed by atoms with Gasteiger partial charge in [0, 0.05) is 25.7 Å². The smallest absolute Gasteiger partial charge is 0.312 e. The summed E-state index contributed by atoms with van der Waals surface area (Å²) in [5.41, 5.74) is -1.14. The largest absolute Gasteiger partial charge is 0.417 e. The Hall–Kier alpha value is -0.540. The summed E-state index contributed by atoms with van der Waals surface area (Å²) >= 11 is 5.50. The van der Waals surface area contributed by atoms with Gasteiger partial charge >= 0.3 is 6.18 Å². The third kappa shape index (κ3) is 4.05. The zero-order chi connectivity index (χ0) is 15.8. The summed E-state index contributed by atoms with van der Waals surface area (Å²) in [6.07, 6.45) is -4.70. The van der Waals surface area contributed by atoms with Crippen molar-refractivity contribution < 1.29 is 21.6 Å². The lowest BCUT2D eigenvalue weighted by atomic mass is 10.2. The summed E-state index contributed by atoms with van der Waals surface area (Å²) in [5, 5.41) is 2.55. The second-order valence-electron chi connectivity index (χ2n) is 4.86. The van der Waals surface area contributed by atoms with Crippen molar-refractivity contribution in [1.29, 1.82) is 0 Å². The van der Waals surface area contributed by atoms with Crippen LogP contribution in [0.3, 0.4) is 0 Å². The molecule has 0 saturated carbocycles. The SMILES string of the molecule is C[C@@H]1CN(S(=O)(=O)c2ccc(Cl)c(C(F)(F)F)c2)CCN1.Cl. The molecule has 22 heavy (non-hydrogen) atoms. The molecular weight excluding hydrogens is 364 g/mol. The van der Waals surface area contributed by atoms with Crippen LogP contribution in [0.1, 0.15) is 12.5 Å². The number of hydrogen-bond acceptors (Lipinski definition) is 3. The number of benzene rings is 1. The monoisotopic (exact) mass is 378 g/mol. The van der Waals surface area contributed by atoms with E-state index in [4.69, 9.17) is 11.6 Å². The summed E-state index contributed by atoms with van der Waals surface area (Å²) < 4.78 is 64.5. The van der Waals surface area contributed by atoms with Crippen molar-refractivity contribution in [3.05, 3.63) is 28.8 Å². The number of hydrogen-bond donors (Lipinski definition) is 1. The first-order chi connectivity index (χ1) is 9.62. The Morgan fingerprint density at radius 3 is 2.55 bits per heavy atom. The minimum absolute atomic E-state index is 0. The predicted molar refractivity (Wildman–Crippen MR) is 79.9 cm³/mol. The van der Waals surface area contributed by atoms with Crippen molar-refractivity contribution in [2.75, 3.05) is 19.6 Å². The van der Waals surface area contributed by atoms with Crippen LogP contribution in [-0.2, 0) is 16.2 Å². The number of halogens is 5. The van der Waals surface area contributed by atoms with Gasteiger partial charge in [-0.15, -0.1) is 12.4 Å². The fourth-order valence-corrected chi connectivity index (χ4v) is 3.93. The molecule has 0 unspecified atom stereocenters. The van der Waals surface area contributed by atoms with Gasteiger partial charge in [0.1, 0.15) is 0 Å². The Bertz CT molecular complexity index is 638. The molecule has 1 atom stereocenters. The maximum Gasteiger partial charge on any atom is 0.417 e. The molecule has 0 aliphatic carbocycles. The van der Waals surface area contributed by atoms with Crippen LogP contribution >= 0.6 is 24.0 Å². The lowest BCUT2D eigenvalue weighted by Crippen LogP contribution is -2.51. The molecule has 1 aliphatic rings. The molecule has 1 saturated heterocycles. The van der Waals surface area contributed by atoms with Gasteiger partial charge in [-0.2, -0.15) is 17.5 Å². The van der Waals surface area contributed by atoms with Crippen LogP contribution in [0.5, 0.6) is 0 Å². The quantitative estimate of drug-likeness (QED) is 0.860. The topological polar surface area (TPSA) is 49.4 Å². The third-order valence-electron chi connectivity index (χ3n) is 3.21. The number of alkyl halides is 3. The Morgan fingerprint density at radius 2 is 2.00 bits per heavy atom. The van der Waals surface area contributed by atoms with Crippen LogP contribution in [0.15, 0.2) is 23.1 Å². The molecule has 0 aromatic heterocycles. The molecule has 0 spiro atoms. The van der Waals surface area contributed by atoms with Gasteiger partial charge in [-0.05, 0) is 25.1 Å². The van der Waals surface area contributed by atoms with Crippen molar-refractivity contribution in [2.24, 2.45) is 0 Å². The van der Waals surface area contributed by atoms with E-state index in [2.05, 4.69) is 5.32 Å². The van der Waals surface area contributed by atoms with Gasteiger partial charge in [0.15, 0.2) is 0 Å². The average molecular weight is 379 g/mol. The van der Waals surface area contributed by atoms with Crippen LogP contribution < -0.4 is 5.32 Å². The predicted octanol–water partition coefficient (Wildman–Crippen LogP) is 2.76. The highest BCUT2D eigenvalue weighted by atomic mass is 35.5. The van der Waals surface area contributed by atoms with E-state index in [1.807, 2.05) is 6.92 Å². The van der Waals surface area contributed by atoms with Gasteiger partial charge in [0.25, 0.3) is 0 Å². The maximum atomic E-state index is 12.8. The molecule has 1 fully saturated rings. The summed E-state index contributed by atoms with van der Waals surface area (Å²) in [7, 11) is -3.96. The molecule has 0 amide bonds. The second kappa shape index (κ2) is 6.92. The van der Waals surface area contributed by atoms with E-state index in [9.17, 15) is 21.6 Å². The van der Waals surface area contributed by atoms with E-state index >= 15 is 0 Å². The number of nitrogens with zero attached hydrogens (tertiary/aromatic N) is 1. The molecule has 126 valence electrons.